The molecule has 0 aromatic heterocycles. The minimum absolute atomic E-state index is 0.0304. The molecule has 2 N–H and O–H groups in total. The third-order valence-corrected chi connectivity index (χ3v) is 7.33. The molecule has 0 radical (unpaired) electrons. The number of likely N-dealkylation sites (tertiary alicyclic amines) is 2. The summed E-state index contributed by atoms with van der Waals surface area (Å²) in [6.07, 6.45) is 1.44. The van der Waals surface area contributed by atoms with E-state index in [2.05, 4.69) is 39.8 Å². The molecular weight excluding hydrogens is 468 g/mol. The lowest BCUT2D eigenvalue weighted by Gasteiger charge is -2.40. The molecule has 0 bridgehead atoms. The molecule has 1 aromatic carbocycles. The molecule has 8 heteroatoms. The van der Waals surface area contributed by atoms with Gasteiger partial charge in [-0.3, -0.25) is 14.5 Å². The first-order valence-electron chi connectivity index (χ1n) is 13.7. The second-order valence-electron chi connectivity index (χ2n) is 12.3. The van der Waals surface area contributed by atoms with Crippen LogP contribution in [0.2, 0.25) is 0 Å². The van der Waals surface area contributed by atoms with Gasteiger partial charge in [-0.05, 0) is 63.5 Å². The number of nitrogens with one attached hydrogen (secondary N) is 2. The highest BCUT2D eigenvalue weighted by atomic mass is 16.6. The summed E-state index contributed by atoms with van der Waals surface area (Å²) in [4.78, 5) is 43.9. The molecule has 2 fully saturated rings. The van der Waals surface area contributed by atoms with Crippen LogP contribution in [0.4, 0.5) is 4.79 Å². The number of rotatable bonds is 8. The molecular formula is C29H46N4O4. The Morgan fingerprint density at radius 3 is 2.16 bits per heavy atom. The fourth-order valence-electron chi connectivity index (χ4n) is 5.37. The van der Waals surface area contributed by atoms with Crippen LogP contribution in [0.5, 0.6) is 0 Å². The highest BCUT2D eigenvalue weighted by Gasteiger charge is 2.43. The number of ether oxygens (including phenoxy) is 1. The van der Waals surface area contributed by atoms with Gasteiger partial charge in [-0.15, -0.1) is 0 Å². The van der Waals surface area contributed by atoms with Gasteiger partial charge in [-0.25, -0.2) is 4.79 Å². The van der Waals surface area contributed by atoms with Crippen LogP contribution >= 0.6 is 0 Å². The van der Waals surface area contributed by atoms with Gasteiger partial charge in [0.25, 0.3) is 0 Å². The average molecular weight is 515 g/mol. The molecule has 3 amide bonds. The van der Waals surface area contributed by atoms with Crippen LogP contribution < -0.4 is 10.6 Å². The molecule has 0 spiro atoms. The van der Waals surface area contributed by atoms with Crippen LogP contribution in [0, 0.1) is 17.8 Å². The second kappa shape index (κ2) is 12.3. The van der Waals surface area contributed by atoms with E-state index < -0.39 is 23.8 Å². The number of hydrogen-bond acceptors (Lipinski definition) is 5. The average Bonchev–Trinajstić information content (AvgIpc) is 3.23. The van der Waals surface area contributed by atoms with Crippen LogP contribution in [0.15, 0.2) is 30.3 Å². The Kier molecular flexibility index (Phi) is 9.62. The summed E-state index contributed by atoms with van der Waals surface area (Å²) in [5.41, 5.74) is 0.612. The number of amides is 3. The maximum absolute atomic E-state index is 13.8. The van der Waals surface area contributed by atoms with Crippen molar-refractivity contribution in [1.82, 2.24) is 20.4 Å². The lowest BCUT2D eigenvalue weighted by atomic mass is 9.91. The fourth-order valence-corrected chi connectivity index (χ4v) is 5.37. The monoisotopic (exact) mass is 514 g/mol. The van der Waals surface area contributed by atoms with Gasteiger partial charge in [0.05, 0.1) is 0 Å². The molecule has 2 saturated heterocycles. The first kappa shape index (κ1) is 29.0. The summed E-state index contributed by atoms with van der Waals surface area (Å²) >= 11 is 0. The molecule has 0 saturated carbocycles. The van der Waals surface area contributed by atoms with Crippen LogP contribution in [0.25, 0.3) is 0 Å². The molecule has 1 aromatic rings. The molecule has 0 aliphatic carbocycles. The Bertz CT molecular complexity index is 928. The summed E-state index contributed by atoms with van der Waals surface area (Å²) in [5.74, 6) is -0.155. The van der Waals surface area contributed by atoms with Crippen LogP contribution in [0.3, 0.4) is 0 Å². The molecule has 4 atom stereocenters. The maximum atomic E-state index is 13.8. The minimum atomic E-state index is -0.800. The van der Waals surface area contributed by atoms with Crippen molar-refractivity contribution >= 4 is 17.9 Å². The molecule has 2 heterocycles. The van der Waals surface area contributed by atoms with E-state index in [9.17, 15) is 14.4 Å². The van der Waals surface area contributed by atoms with E-state index in [-0.39, 0.29) is 29.7 Å². The van der Waals surface area contributed by atoms with Crippen LogP contribution in [-0.2, 0) is 20.9 Å². The standard InChI is InChI=1S/C29H46N4O4/c1-19(2)24(31-28(36)37-29(5,6)7)26(34)30-25(20(3)4)27(35)33-16-14-22-13-15-32(18-23(22)33)17-21-11-9-8-10-12-21/h8-12,19-20,22-25H,13-18H2,1-7H3,(H,30,34)(H,31,36)/t22?,23?,24-,25-/m0/s1. The second-order valence-corrected chi connectivity index (χ2v) is 12.3. The number of carbonyl (C=O) groups is 3. The normalized spacial score (nSPS) is 21.9. The Morgan fingerprint density at radius 1 is 0.946 bits per heavy atom. The van der Waals surface area contributed by atoms with Crippen molar-refractivity contribution in [2.45, 2.75) is 91.6 Å². The highest BCUT2D eigenvalue weighted by molar-refractivity contribution is 5.92. The molecule has 2 unspecified atom stereocenters. The van der Waals surface area contributed by atoms with Gasteiger partial charge in [-0.1, -0.05) is 58.0 Å². The first-order valence-corrected chi connectivity index (χ1v) is 13.7. The number of carbonyl (C=O) groups excluding carboxylic acids is 3. The smallest absolute Gasteiger partial charge is 0.408 e. The third kappa shape index (κ3) is 7.94. The highest BCUT2D eigenvalue weighted by Crippen LogP contribution is 2.33. The van der Waals surface area contributed by atoms with E-state index in [1.54, 1.807) is 20.8 Å². The summed E-state index contributed by atoms with van der Waals surface area (Å²) in [6.45, 7) is 16.4. The van der Waals surface area contributed by atoms with Gasteiger partial charge < -0.3 is 20.3 Å². The van der Waals surface area contributed by atoms with Crippen molar-refractivity contribution in [3.05, 3.63) is 35.9 Å². The van der Waals surface area contributed by atoms with Crippen LogP contribution in [-0.4, -0.2) is 71.1 Å². The lowest BCUT2D eigenvalue weighted by molar-refractivity contribution is -0.140. The lowest BCUT2D eigenvalue weighted by Crippen LogP contribution is -2.59. The summed E-state index contributed by atoms with van der Waals surface area (Å²) in [7, 11) is 0. The molecule has 37 heavy (non-hydrogen) atoms. The molecule has 8 nitrogen and oxygen atoms in total. The molecule has 3 rings (SSSR count). The van der Waals surface area contributed by atoms with Crippen LogP contribution in [0.1, 0.15) is 66.9 Å². The Balaban J connectivity index is 1.67. The van der Waals surface area contributed by atoms with E-state index in [1.165, 1.54) is 5.56 Å². The summed E-state index contributed by atoms with van der Waals surface area (Å²) < 4.78 is 5.35. The van der Waals surface area contributed by atoms with Gasteiger partial charge in [0.15, 0.2) is 0 Å². The van der Waals surface area contributed by atoms with Gasteiger partial charge in [0.1, 0.15) is 17.7 Å². The molecule has 206 valence electrons. The van der Waals surface area contributed by atoms with Crippen molar-refractivity contribution < 1.29 is 19.1 Å². The van der Waals surface area contributed by atoms with E-state index in [0.717, 1.165) is 39.0 Å². The van der Waals surface area contributed by atoms with Crippen molar-refractivity contribution in [2.75, 3.05) is 19.6 Å². The van der Waals surface area contributed by atoms with Crippen molar-refractivity contribution in [1.29, 1.82) is 0 Å². The third-order valence-electron chi connectivity index (χ3n) is 7.33. The summed E-state index contributed by atoms with van der Waals surface area (Å²) in [5, 5.41) is 5.67. The number of fused-ring (bicyclic) bond motifs is 1. The molecule has 2 aliphatic rings. The van der Waals surface area contributed by atoms with Crippen molar-refractivity contribution in [2.24, 2.45) is 17.8 Å². The quantitative estimate of drug-likeness (QED) is 0.551. The number of alkyl carbamates (subject to hydrolysis) is 1. The predicted octanol–water partition coefficient (Wildman–Crippen LogP) is 3.80. The van der Waals surface area contributed by atoms with E-state index in [1.807, 2.05) is 38.7 Å². The Morgan fingerprint density at radius 2 is 1.57 bits per heavy atom. The number of piperidine rings is 1. The zero-order valence-corrected chi connectivity index (χ0v) is 23.6. The Labute approximate surface area is 222 Å². The van der Waals surface area contributed by atoms with E-state index in [0.29, 0.717) is 5.92 Å². The Hall–Kier alpha value is -2.61. The predicted molar refractivity (Wildman–Crippen MR) is 145 cm³/mol. The summed E-state index contributed by atoms with van der Waals surface area (Å²) in [6, 6.07) is 9.14. The van der Waals surface area contributed by atoms with E-state index in [4.69, 9.17) is 4.74 Å². The van der Waals surface area contributed by atoms with Gasteiger partial charge in [-0.2, -0.15) is 0 Å². The van der Waals surface area contributed by atoms with E-state index >= 15 is 0 Å². The van der Waals surface area contributed by atoms with Crippen molar-refractivity contribution in [3.63, 3.8) is 0 Å². The number of nitrogens with zero attached hydrogens (tertiary/aromatic N) is 2. The number of hydrogen-bond donors (Lipinski definition) is 2. The number of benzene rings is 1. The van der Waals surface area contributed by atoms with Gasteiger partial charge in [0.2, 0.25) is 11.8 Å². The maximum Gasteiger partial charge on any atom is 0.408 e. The zero-order valence-electron chi connectivity index (χ0n) is 23.6. The van der Waals surface area contributed by atoms with Gasteiger partial charge in [0, 0.05) is 25.7 Å². The SMILES string of the molecule is CC(C)[C@H](NC(=O)OC(C)(C)C)C(=O)N[C@H](C(=O)N1CCC2CCN(Cc3ccccc3)CC21)C(C)C. The fraction of sp³-hybridized carbons (Fsp3) is 0.690. The van der Waals surface area contributed by atoms with Crippen molar-refractivity contribution in [3.8, 4) is 0 Å². The molecule has 2 aliphatic heterocycles. The topological polar surface area (TPSA) is 91.0 Å². The first-order chi connectivity index (χ1) is 17.4. The zero-order chi connectivity index (χ0) is 27.3. The van der Waals surface area contributed by atoms with Gasteiger partial charge >= 0.3 is 6.09 Å². The minimum Gasteiger partial charge on any atom is -0.444 e. The largest absolute Gasteiger partial charge is 0.444 e.